The molecule has 1 fully saturated rings. The summed E-state index contributed by atoms with van der Waals surface area (Å²) in [6.07, 6.45) is -0.928. The molecule has 2 aromatic carbocycles. The normalized spacial score (nSPS) is 18.8. The molecule has 2 N–H and O–H groups in total. The Morgan fingerprint density at radius 2 is 1.84 bits per heavy atom. The Balaban J connectivity index is 1.37. The molecule has 3 aromatic rings. The van der Waals surface area contributed by atoms with Gasteiger partial charge in [-0.2, -0.15) is 13.2 Å². The first-order valence-electron chi connectivity index (χ1n) is 9.68. The summed E-state index contributed by atoms with van der Waals surface area (Å²) in [5, 5.41) is 14.0. The zero-order valence-corrected chi connectivity index (χ0v) is 16.2. The molecule has 9 heteroatoms. The van der Waals surface area contributed by atoms with Crippen LogP contribution in [0, 0.1) is 11.6 Å². The smallest absolute Gasteiger partial charge is 0.419 e. The van der Waals surface area contributed by atoms with Crippen LogP contribution in [0.25, 0.3) is 10.8 Å². The van der Waals surface area contributed by atoms with Crippen molar-refractivity contribution in [1.82, 2.24) is 10.3 Å². The van der Waals surface area contributed by atoms with E-state index in [1.54, 1.807) is 18.5 Å². The number of ether oxygens (including phenoxy) is 1. The van der Waals surface area contributed by atoms with Crippen LogP contribution in [0.5, 0.6) is 5.75 Å². The summed E-state index contributed by atoms with van der Waals surface area (Å²) >= 11 is 0. The molecule has 0 saturated heterocycles. The van der Waals surface area contributed by atoms with Crippen LogP contribution in [0.4, 0.5) is 22.0 Å². The third-order valence-electron chi connectivity index (χ3n) is 5.46. The number of aromatic nitrogens is 1. The second-order valence-corrected chi connectivity index (χ2v) is 7.50. The highest BCUT2D eigenvalue weighted by Crippen LogP contribution is 2.35. The number of nitrogens with one attached hydrogen (secondary N) is 1. The number of fused-ring (bicyclic) bond motifs is 1. The van der Waals surface area contributed by atoms with Gasteiger partial charge in [0.15, 0.2) is 0 Å². The largest absolute Gasteiger partial charge is 0.490 e. The third-order valence-corrected chi connectivity index (χ3v) is 5.46. The average Bonchev–Trinajstić information content (AvgIpc) is 2.70. The number of halogens is 5. The van der Waals surface area contributed by atoms with Crippen molar-refractivity contribution in [3.05, 3.63) is 71.1 Å². The van der Waals surface area contributed by atoms with Crippen LogP contribution >= 0.6 is 0 Å². The number of nitrogens with zero attached hydrogens (tertiary/aromatic N) is 1. The van der Waals surface area contributed by atoms with E-state index < -0.39 is 23.4 Å². The van der Waals surface area contributed by atoms with Crippen molar-refractivity contribution in [3.63, 3.8) is 0 Å². The van der Waals surface area contributed by atoms with Gasteiger partial charge in [0.25, 0.3) is 0 Å². The maximum atomic E-state index is 14.6. The number of alkyl halides is 3. The zero-order valence-electron chi connectivity index (χ0n) is 16.2. The predicted molar refractivity (Wildman–Crippen MR) is 103 cm³/mol. The minimum Gasteiger partial charge on any atom is -0.490 e. The molecule has 4 nitrogen and oxygen atoms in total. The first kappa shape index (κ1) is 21.5. The summed E-state index contributed by atoms with van der Waals surface area (Å²) in [5.74, 6) is -1.82. The van der Waals surface area contributed by atoms with E-state index in [2.05, 4.69) is 10.3 Å². The van der Waals surface area contributed by atoms with Crippen molar-refractivity contribution >= 4 is 10.8 Å². The van der Waals surface area contributed by atoms with Crippen LogP contribution < -0.4 is 10.1 Å². The second kappa shape index (κ2) is 8.39. The van der Waals surface area contributed by atoms with Crippen LogP contribution in [0.1, 0.15) is 29.5 Å². The van der Waals surface area contributed by atoms with E-state index in [1.165, 1.54) is 12.1 Å². The molecule has 0 atom stereocenters. The van der Waals surface area contributed by atoms with Gasteiger partial charge in [-0.05, 0) is 54.1 Å². The monoisotopic (exact) mass is 438 g/mol. The molecule has 164 valence electrons. The second-order valence-electron chi connectivity index (χ2n) is 7.50. The molecular weight excluding hydrogens is 419 g/mol. The Morgan fingerprint density at radius 3 is 2.55 bits per heavy atom. The minimum absolute atomic E-state index is 0.00124. The number of aliphatic hydroxyl groups is 1. The Kier molecular flexibility index (Phi) is 5.81. The van der Waals surface area contributed by atoms with Crippen molar-refractivity contribution in [2.24, 2.45) is 0 Å². The molecule has 1 aliphatic carbocycles. The fourth-order valence-corrected chi connectivity index (χ4v) is 3.73. The van der Waals surface area contributed by atoms with Crippen molar-refractivity contribution in [3.8, 4) is 5.75 Å². The van der Waals surface area contributed by atoms with Crippen molar-refractivity contribution in [2.45, 2.75) is 44.3 Å². The van der Waals surface area contributed by atoms with E-state index in [-0.39, 0.29) is 31.0 Å². The van der Waals surface area contributed by atoms with Gasteiger partial charge in [-0.15, -0.1) is 0 Å². The Hall–Kier alpha value is -2.78. The Labute approximate surface area is 174 Å². The molecule has 1 saturated carbocycles. The molecular formula is C22H19F5N2O2. The first-order chi connectivity index (χ1) is 14.8. The Bertz CT molecular complexity index is 1100. The molecule has 0 unspecified atom stereocenters. The van der Waals surface area contributed by atoms with E-state index in [0.717, 1.165) is 6.07 Å². The number of pyridine rings is 1. The molecule has 1 heterocycles. The van der Waals surface area contributed by atoms with Gasteiger partial charge in [-0.25, -0.2) is 8.78 Å². The van der Waals surface area contributed by atoms with Crippen LogP contribution in [-0.4, -0.2) is 22.2 Å². The number of hydrogen-bond acceptors (Lipinski definition) is 4. The highest BCUT2D eigenvalue weighted by Gasteiger charge is 2.35. The van der Waals surface area contributed by atoms with Crippen LogP contribution in [0.3, 0.4) is 0 Å². The molecule has 1 aliphatic rings. The highest BCUT2D eigenvalue weighted by atomic mass is 19.4. The van der Waals surface area contributed by atoms with Gasteiger partial charge in [0.05, 0.1) is 12.2 Å². The highest BCUT2D eigenvalue weighted by molar-refractivity contribution is 5.88. The van der Waals surface area contributed by atoms with Gasteiger partial charge in [0.2, 0.25) is 0 Å². The third kappa shape index (κ3) is 4.47. The first-order valence-corrected chi connectivity index (χ1v) is 9.68. The lowest BCUT2D eigenvalue weighted by Gasteiger charge is -2.36. The quantitative estimate of drug-likeness (QED) is 0.547. The number of hydrogen-bond donors (Lipinski definition) is 2. The summed E-state index contributed by atoms with van der Waals surface area (Å²) in [5.41, 5.74) is -0.450. The minimum atomic E-state index is -4.79. The van der Waals surface area contributed by atoms with Gasteiger partial charge in [-0.3, -0.25) is 4.98 Å². The lowest BCUT2D eigenvalue weighted by Crippen LogP contribution is -2.46. The van der Waals surface area contributed by atoms with Gasteiger partial charge < -0.3 is 15.2 Å². The maximum absolute atomic E-state index is 14.6. The summed E-state index contributed by atoms with van der Waals surface area (Å²) in [4.78, 5) is 4.03. The Morgan fingerprint density at radius 1 is 1.06 bits per heavy atom. The molecule has 4 rings (SSSR count). The molecule has 31 heavy (non-hydrogen) atoms. The fraction of sp³-hybridized carbons (Fsp3) is 0.318. The molecule has 0 aliphatic heterocycles. The fourth-order valence-electron chi connectivity index (χ4n) is 3.73. The van der Waals surface area contributed by atoms with E-state index in [1.807, 2.05) is 0 Å². The summed E-state index contributed by atoms with van der Waals surface area (Å²) in [7, 11) is 0. The predicted octanol–water partition coefficient (Wildman–Crippen LogP) is 4.72. The molecule has 1 aromatic heterocycles. The number of rotatable bonds is 6. The lowest BCUT2D eigenvalue weighted by molar-refractivity contribution is -0.140. The van der Waals surface area contributed by atoms with E-state index in [0.29, 0.717) is 40.8 Å². The van der Waals surface area contributed by atoms with Gasteiger partial charge >= 0.3 is 6.18 Å². The average molecular weight is 438 g/mol. The zero-order chi connectivity index (χ0) is 22.2. The van der Waals surface area contributed by atoms with Gasteiger partial charge in [0.1, 0.15) is 23.5 Å². The molecule has 0 bridgehead atoms. The summed E-state index contributed by atoms with van der Waals surface area (Å²) < 4.78 is 71.9. The van der Waals surface area contributed by atoms with Crippen molar-refractivity contribution in [2.75, 3.05) is 0 Å². The molecule has 0 radical (unpaired) electrons. The van der Waals surface area contributed by atoms with Gasteiger partial charge in [-0.1, -0.05) is 0 Å². The molecule has 0 spiro atoms. The van der Waals surface area contributed by atoms with Crippen molar-refractivity contribution < 1.29 is 31.8 Å². The van der Waals surface area contributed by atoms with Crippen LogP contribution in [0.2, 0.25) is 0 Å². The summed E-state index contributed by atoms with van der Waals surface area (Å²) in [6.45, 7) is -0.0574. The van der Waals surface area contributed by atoms with Gasteiger partial charge in [0, 0.05) is 35.9 Å². The maximum Gasteiger partial charge on any atom is 0.419 e. The van der Waals surface area contributed by atoms with Crippen LogP contribution in [-0.2, 0) is 19.3 Å². The van der Waals surface area contributed by atoms with Crippen LogP contribution in [0.15, 0.2) is 42.7 Å². The van der Waals surface area contributed by atoms with E-state index in [9.17, 15) is 27.1 Å². The number of benzene rings is 2. The standard InChI is InChI=1S/C22H19F5N2O2/c23-20-2-1-14(8-19(20)22(25,26)27)31-15-6-13(7-15)29-10-18-16-3-4-28-9-17(16)12(11-30)5-21(18)24/h1-5,8-9,13,15,29-30H,6-7,10-11H2. The SMILES string of the molecule is OCc1cc(F)c(CNC2CC(Oc3ccc(F)c(C(F)(F)F)c3)C2)c2ccncc12. The topological polar surface area (TPSA) is 54.4 Å². The van der Waals surface area contributed by atoms with E-state index >= 15 is 0 Å². The number of aliphatic hydroxyl groups excluding tert-OH is 1. The molecule has 0 amide bonds. The van der Waals surface area contributed by atoms with E-state index in [4.69, 9.17) is 4.74 Å². The van der Waals surface area contributed by atoms with Crippen molar-refractivity contribution in [1.29, 1.82) is 0 Å². The summed E-state index contributed by atoms with van der Waals surface area (Å²) in [6, 6.07) is 5.55. The lowest BCUT2D eigenvalue weighted by atomic mass is 9.88.